The van der Waals surface area contributed by atoms with Gasteiger partial charge in [-0.25, -0.2) is 4.98 Å². The topological polar surface area (TPSA) is 42.3 Å². The van der Waals surface area contributed by atoms with Gasteiger partial charge in [-0.2, -0.15) is 13.2 Å². The summed E-state index contributed by atoms with van der Waals surface area (Å²) in [6.07, 6.45) is -4.52. The number of pyridine rings is 1. The van der Waals surface area contributed by atoms with Crippen LogP contribution in [0, 0.1) is 0 Å². The third-order valence-electron chi connectivity index (χ3n) is 3.95. The summed E-state index contributed by atoms with van der Waals surface area (Å²) in [6, 6.07) is 5.98. The van der Waals surface area contributed by atoms with E-state index in [1.807, 2.05) is 11.9 Å². The Morgan fingerprint density at radius 2 is 1.82 bits per heavy atom. The zero-order valence-electron chi connectivity index (χ0n) is 12.1. The number of benzene rings is 1. The molecule has 7 heteroatoms. The molecule has 0 spiro atoms. The second-order valence-electron chi connectivity index (χ2n) is 5.52. The molecular formula is C15H17F3N3O+. The lowest BCUT2D eigenvalue weighted by Crippen LogP contribution is -2.44. The number of anilines is 1. The van der Waals surface area contributed by atoms with Gasteiger partial charge in [-0.05, 0) is 13.1 Å². The first kappa shape index (κ1) is 14.9. The van der Waals surface area contributed by atoms with Gasteiger partial charge >= 0.3 is 6.18 Å². The molecule has 3 rings (SSSR count). The molecule has 0 saturated carbocycles. The maximum Gasteiger partial charge on any atom is 0.433 e. The molecule has 1 aliphatic heterocycles. The molecule has 1 aromatic heterocycles. The normalized spacial score (nSPS) is 17.2. The summed E-state index contributed by atoms with van der Waals surface area (Å²) in [5, 5.41) is 8.45. The van der Waals surface area contributed by atoms with Crippen molar-refractivity contribution in [1.29, 1.82) is 0 Å². The summed E-state index contributed by atoms with van der Waals surface area (Å²) in [7, 11) is 1.99. The van der Waals surface area contributed by atoms with Gasteiger partial charge in [0.2, 0.25) is 0 Å². The fraction of sp³-hybridized carbons (Fsp3) is 0.400. The number of halogens is 3. The minimum atomic E-state index is -4.52. The van der Waals surface area contributed by atoms with Gasteiger partial charge < -0.3 is 14.9 Å². The van der Waals surface area contributed by atoms with Crippen LogP contribution in [0.5, 0.6) is 5.75 Å². The highest BCUT2D eigenvalue weighted by Crippen LogP contribution is 2.37. The molecule has 118 valence electrons. The van der Waals surface area contributed by atoms with Gasteiger partial charge in [0.15, 0.2) is 5.52 Å². The Balaban J connectivity index is 2.16. The van der Waals surface area contributed by atoms with Crippen molar-refractivity contribution >= 4 is 16.6 Å². The predicted octanol–water partition coefficient (Wildman–Crippen LogP) is 2.44. The lowest BCUT2D eigenvalue weighted by atomic mass is 10.1. The van der Waals surface area contributed by atoms with Crippen LogP contribution in [0.4, 0.5) is 18.9 Å². The smallest absolute Gasteiger partial charge is 0.433 e. The third kappa shape index (κ3) is 2.68. The van der Waals surface area contributed by atoms with Crippen LogP contribution >= 0.6 is 0 Å². The first-order valence-electron chi connectivity index (χ1n) is 7.02. The van der Waals surface area contributed by atoms with Crippen LogP contribution in [0.25, 0.3) is 10.9 Å². The average molecular weight is 312 g/mol. The number of rotatable bonds is 1. The predicted molar refractivity (Wildman–Crippen MR) is 79.5 cm³/mol. The SMILES string of the molecule is CN1CCN(c2cc(C(F)(F)F)nc3c([OH2+])cccc23)CC1. The minimum Gasteiger partial charge on any atom is -0.592 e. The Morgan fingerprint density at radius 1 is 1.14 bits per heavy atom. The number of aromatic nitrogens is 1. The summed E-state index contributed by atoms with van der Waals surface area (Å²) in [5.74, 6) is 0.0129. The van der Waals surface area contributed by atoms with E-state index >= 15 is 0 Å². The Morgan fingerprint density at radius 3 is 2.45 bits per heavy atom. The van der Waals surface area contributed by atoms with Gasteiger partial charge in [-0.1, -0.05) is 12.1 Å². The van der Waals surface area contributed by atoms with Crippen molar-refractivity contribution in [2.24, 2.45) is 0 Å². The molecule has 1 saturated heterocycles. The summed E-state index contributed by atoms with van der Waals surface area (Å²) in [4.78, 5) is 7.75. The number of likely N-dealkylation sites (N-methyl/N-ethyl adjacent to an activating group) is 1. The van der Waals surface area contributed by atoms with Crippen LogP contribution < -0.4 is 4.90 Å². The number of hydrogen-bond donors (Lipinski definition) is 0. The van der Waals surface area contributed by atoms with Crippen molar-refractivity contribution in [3.8, 4) is 5.75 Å². The Bertz CT molecular complexity index is 694. The van der Waals surface area contributed by atoms with E-state index in [0.717, 1.165) is 19.2 Å². The number of piperazine rings is 1. The Labute approximate surface area is 125 Å². The van der Waals surface area contributed by atoms with E-state index < -0.39 is 11.9 Å². The van der Waals surface area contributed by atoms with Gasteiger partial charge in [-0.15, -0.1) is 0 Å². The van der Waals surface area contributed by atoms with E-state index in [9.17, 15) is 13.2 Å². The number of fused-ring (bicyclic) bond motifs is 1. The van der Waals surface area contributed by atoms with Crippen molar-refractivity contribution in [1.82, 2.24) is 9.88 Å². The van der Waals surface area contributed by atoms with E-state index in [1.165, 1.54) is 6.07 Å². The number of alkyl halides is 3. The van der Waals surface area contributed by atoms with E-state index in [-0.39, 0.29) is 11.3 Å². The van der Waals surface area contributed by atoms with Crippen molar-refractivity contribution in [2.45, 2.75) is 6.18 Å². The molecular weight excluding hydrogens is 295 g/mol. The number of hydrogen-bond acceptors (Lipinski definition) is 3. The third-order valence-corrected chi connectivity index (χ3v) is 3.95. The molecule has 2 heterocycles. The molecule has 0 unspecified atom stereocenters. The van der Waals surface area contributed by atoms with Crippen molar-refractivity contribution in [3.05, 3.63) is 30.0 Å². The molecule has 1 aromatic carbocycles. The highest BCUT2D eigenvalue weighted by Gasteiger charge is 2.34. The van der Waals surface area contributed by atoms with E-state index in [2.05, 4.69) is 9.88 Å². The number of nitrogens with zero attached hydrogens (tertiary/aromatic N) is 3. The second kappa shape index (κ2) is 5.31. The van der Waals surface area contributed by atoms with Crippen LogP contribution in [-0.4, -0.2) is 48.2 Å². The first-order valence-corrected chi connectivity index (χ1v) is 7.02. The summed E-state index contributed by atoms with van der Waals surface area (Å²) in [6.45, 7) is 2.92. The van der Waals surface area contributed by atoms with Gasteiger partial charge in [0.05, 0.1) is 0 Å². The van der Waals surface area contributed by atoms with E-state index in [1.54, 1.807) is 12.1 Å². The van der Waals surface area contributed by atoms with E-state index in [4.69, 9.17) is 5.11 Å². The first-order chi connectivity index (χ1) is 10.4. The molecule has 0 bridgehead atoms. The van der Waals surface area contributed by atoms with Gasteiger partial charge in [0, 0.05) is 43.3 Å². The second-order valence-corrected chi connectivity index (χ2v) is 5.52. The Kier molecular flexibility index (Phi) is 3.60. The quantitative estimate of drug-likeness (QED) is 0.760. The zero-order valence-corrected chi connectivity index (χ0v) is 12.1. The van der Waals surface area contributed by atoms with Crippen molar-refractivity contribution in [2.75, 3.05) is 38.1 Å². The average Bonchev–Trinajstić information content (AvgIpc) is 2.47. The van der Waals surface area contributed by atoms with E-state index in [0.29, 0.717) is 24.2 Å². The molecule has 2 N–H and O–H groups in total. The number of para-hydroxylation sites is 1. The lowest BCUT2D eigenvalue weighted by Gasteiger charge is -2.34. The molecule has 0 radical (unpaired) electrons. The maximum atomic E-state index is 13.1. The molecule has 4 nitrogen and oxygen atoms in total. The molecule has 1 aliphatic rings. The molecule has 2 aromatic rings. The molecule has 0 atom stereocenters. The van der Waals surface area contributed by atoms with Crippen molar-refractivity contribution < 1.29 is 18.3 Å². The summed E-state index contributed by atoms with van der Waals surface area (Å²) >= 11 is 0. The highest BCUT2D eigenvalue weighted by atomic mass is 19.4. The van der Waals surface area contributed by atoms with Gasteiger partial charge in [0.1, 0.15) is 5.69 Å². The molecule has 22 heavy (non-hydrogen) atoms. The minimum absolute atomic E-state index is 0.0129. The molecule has 0 amide bonds. The summed E-state index contributed by atoms with van der Waals surface area (Å²) < 4.78 is 39.3. The standard InChI is InChI=1S/C15H16F3N3O/c1-20-5-7-21(8-6-20)11-9-13(15(16,17)18)19-14-10(11)3-2-4-12(14)22/h2-4,9,22H,5-8H2,1H3/p+1. The molecule has 0 aliphatic carbocycles. The Hall–Kier alpha value is -2.02. The fourth-order valence-electron chi connectivity index (χ4n) is 2.68. The van der Waals surface area contributed by atoms with Crippen molar-refractivity contribution in [3.63, 3.8) is 0 Å². The monoisotopic (exact) mass is 312 g/mol. The summed E-state index contributed by atoms with van der Waals surface area (Å²) in [5.41, 5.74) is -0.320. The van der Waals surface area contributed by atoms with Crippen LogP contribution in [0.3, 0.4) is 0 Å². The van der Waals surface area contributed by atoms with Crippen LogP contribution in [0.1, 0.15) is 5.69 Å². The maximum absolute atomic E-state index is 13.1. The van der Waals surface area contributed by atoms with Gasteiger partial charge in [0.25, 0.3) is 5.75 Å². The van der Waals surface area contributed by atoms with Crippen LogP contribution in [0.2, 0.25) is 0 Å². The van der Waals surface area contributed by atoms with Gasteiger partial charge in [-0.3, -0.25) is 0 Å². The zero-order chi connectivity index (χ0) is 15.9. The lowest BCUT2D eigenvalue weighted by molar-refractivity contribution is -0.140. The fourth-order valence-corrected chi connectivity index (χ4v) is 2.68. The largest absolute Gasteiger partial charge is 0.592 e. The highest BCUT2D eigenvalue weighted by molar-refractivity contribution is 5.95. The van der Waals surface area contributed by atoms with Crippen LogP contribution in [-0.2, 0) is 6.18 Å². The van der Waals surface area contributed by atoms with Crippen LogP contribution in [0.15, 0.2) is 24.3 Å². The molecule has 1 fully saturated rings.